The van der Waals surface area contributed by atoms with Gasteiger partial charge in [0, 0.05) is 18.9 Å². The predicted molar refractivity (Wildman–Crippen MR) is 73.4 cm³/mol. The average molecular weight is 270 g/mol. The first kappa shape index (κ1) is 16.0. The first-order chi connectivity index (χ1) is 9.04. The molecule has 0 aromatic heterocycles. The Bertz CT molecular complexity index is 299. The maximum Gasteiger partial charge on any atom is 0.223 e. The van der Waals surface area contributed by atoms with E-state index in [1.165, 1.54) is 0 Å². The van der Waals surface area contributed by atoms with Crippen LogP contribution in [-0.2, 0) is 9.59 Å². The third kappa shape index (κ3) is 5.59. The summed E-state index contributed by atoms with van der Waals surface area (Å²) in [6.45, 7) is 4.21. The quantitative estimate of drug-likeness (QED) is 0.641. The minimum Gasteiger partial charge on any atom is -0.394 e. The molecule has 19 heavy (non-hydrogen) atoms. The first-order valence-electron chi connectivity index (χ1n) is 7.22. The Morgan fingerprint density at radius 3 is 2.42 bits per heavy atom. The molecule has 1 aliphatic carbocycles. The van der Waals surface area contributed by atoms with E-state index >= 15 is 0 Å². The third-order valence-corrected chi connectivity index (χ3v) is 3.73. The maximum atomic E-state index is 11.7. The second-order valence-electron chi connectivity index (χ2n) is 5.62. The van der Waals surface area contributed by atoms with Gasteiger partial charge in [-0.3, -0.25) is 9.59 Å². The van der Waals surface area contributed by atoms with E-state index in [0.29, 0.717) is 6.54 Å². The van der Waals surface area contributed by atoms with Crippen LogP contribution in [-0.4, -0.2) is 36.1 Å². The summed E-state index contributed by atoms with van der Waals surface area (Å²) in [7, 11) is 0. The topological polar surface area (TPSA) is 78.4 Å². The number of aliphatic hydroxyl groups is 1. The van der Waals surface area contributed by atoms with E-state index in [2.05, 4.69) is 10.6 Å². The van der Waals surface area contributed by atoms with Crippen LogP contribution in [0.4, 0.5) is 0 Å². The molecule has 1 atom stereocenters. The predicted octanol–water partition coefficient (Wildman–Crippen LogP) is 0.816. The summed E-state index contributed by atoms with van der Waals surface area (Å²) < 4.78 is 0. The zero-order chi connectivity index (χ0) is 14.3. The van der Waals surface area contributed by atoms with E-state index in [1.807, 2.05) is 13.8 Å². The van der Waals surface area contributed by atoms with Crippen molar-refractivity contribution in [1.82, 2.24) is 10.6 Å². The van der Waals surface area contributed by atoms with Gasteiger partial charge in [0.1, 0.15) is 0 Å². The second kappa shape index (κ2) is 8.15. The van der Waals surface area contributed by atoms with Gasteiger partial charge in [0.2, 0.25) is 11.8 Å². The van der Waals surface area contributed by atoms with Crippen molar-refractivity contribution in [3.05, 3.63) is 0 Å². The Kier molecular flexibility index (Phi) is 6.84. The Labute approximate surface area is 115 Å². The molecule has 0 heterocycles. The number of hydrogen-bond acceptors (Lipinski definition) is 3. The normalized spacial score (nSPS) is 17.5. The number of nitrogens with one attached hydrogen (secondary N) is 2. The maximum absolute atomic E-state index is 11.7. The van der Waals surface area contributed by atoms with Crippen molar-refractivity contribution in [1.29, 1.82) is 0 Å². The molecular weight excluding hydrogens is 244 g/mol. The van der Waals surface area contributed by atoms with Crippen LogP contribution in [0, 0.1) is 11.8 Å². The Balaban J connectivity index is 2.17. The summed E-state index contributed by atoms with van der Waals surface area (Å²) in [6.07, 6.45) is 4.47. The lowest BCUT2D eigenvalue weighted by Crippen LogP contribution is -2.42. The molecule has 0 aromatic carbocycles. The molecule has 0 spiro atoms. The summed E-state index contributed by atoms with van der Waals surface area (Å²) >= 11 is 0. The number of amides is 2. The van der Waals surface area contributed by atoms with Gasteiger partial charge in [0.05, 0.1) is 12.6 Å². The highest BCUT2D eigenvalue weighted by atomic mass is 16.3. The monoisotopic (exact) mass is 270 g/mol. The minimum atomic E-state index is -0.210. The van der Waals surface area contributed by atoms with E-state index in [9.17, 15) is 9.59 Å². The third-order valence-electron chi connectivity index (χ3n) is 3.73. The molecule has 3 N–H and O–H groups in total. The van der Waals surface area contributed by atoms with Gasteiger partial charge in [-0.2, -0.15) is 0 Å². The van der Waals surface area contributed by atoms with Crippen molar-refractivity contribution in [3.8, 4) is 0 Å². The van der Waals surface area contributed by atoms with Crippen molar-refractivity contribution < 1.29 is 14.7 Å². The van der Waals surface area contributed by atoms with Crippen molar-refractivity contribution in [3.63, 3.8) is 0 Å². The van der Waals surface area contributed by atoms with Crippen LogP contribution in [0.15, 0.2) is 0 Å². The molecule has 5 nitrogen and oxygen atoms in total. The van der Waals surface area contributed by atoms with Crippen LogP contribution in [0.2, 0.25) is 0 Å². The Morgan fingerprint density at radius 2 is 1.89 bits per heavy atom. The van der Waals surface area contributed by atoms with Gasteiger partial charge >= 0.3 is 0 Å². The molecule has 0 saturated heterocycles. The van der Waals surface area contributed by atoms with E-state index in [1.54, 1.807) is 0 Å². The molecule has 110 valence electrons. The molecule has 2 amide bonds. The SMILES string of the molecule is CC(C)[C@@H](CO)NC(=O)CCNC(=O)C1CCCC1. The zero-order valence-electron chi connectivity index (χ0n) is 11.9. The highest BCUT2D eigenvalue weighted by Gasteiger charge is 2.22. The van der Waals surface area contributed by atoms with Crippen LogP contribution in [0.3, 0.4) is 0 Å². The smallest absolute Gasteiger partial charge is 0.223 e. The minimum absolute atomic E-state index is 0.0577. The van der Waals surface area contributed by atoms with Crippen LogP contribution < -0.4 is 10.6 Å². The number of rotatable bonds is 7. The zero-order valence-corrected chi connectivity index (χ0v) is 11.9. The molecule has 0 radical (unpaired) electrons. The standard InChI is InChI=1S/C14H26N2O3/c1-10(2)12(9-17)16-13(18)7-8-15-14(19)11-5-3-4-6-11/h10-12,17H,3-9H2,1-2H3,(H,15,19)(H,16,18)/t12-/m1/s1. The largest absolute Gasteiger partial charge is 0.394 e. The number of hydrogen-bond donors (Lipinski definition) is 3. The Morgan fingerprint density at radius 1 is 1.26 bits per heavy atom. The molecule has 0 bridgehead atoms. The van der Waals surface area contributed by atoms with Gasteiger partial charge in [0.15, 0.2) is 0 Å². The van der Waals surface area contributed by atoms with Gasteiger partial charge in [-0.1, -0.05) is 26.7 Å². The highest BCUT2D eigenvalue weighted by Crippen LogP contribution is 2.24. The first-order valence-corrected chi connectivity index (χ1v) is 7.22. The summed E-state index contributed by atoms with van der Waals surface area (Å²) in [5, 5.41) is 14.7. The van der Waals surface area contributed by atoms with Crippen molar-refractivity contribution in [2.24, 2.45) is 11.8 Å². The summed E-state index contributed by atoms with van der Waals surface area (Å²) in [5.41, 5.74) is 0. The summed E-state index contributed by atoms with van der Waals surface area (Å²) in [6, 6.07) is -0.210. The average Bonchev–Trinajstić information content (AvgIpc) is 2.89. The fourth-order valence-corrected chi connectivity index (χ4v) is 2.33. The molecule has 0 aliphatic heterocycles. The Hall–Kier alpha value is -1.10. The van der Waals surface area contributed by atoms with Gasteiger partial charge in [-0.25, -0.2) is 0 Å². The van der Waals surface area contributed by atoms with Crippen molar-refractivity contribution in [2.45, 2.75) is 52.0 Å². The number of carbonyl (C=O) groups excluding carboxylic acids is 2. The van der Waals surface area contributed by atoms with Crippen LogP contribution in [0.5, 0.6) is 0 Å². The fourth-order valence-electron chi connectivity index (χ4n) is 2.33. The van der Waals surface area contributed by atoms with Crippen LogP contribution >= 0.6 is 0 Å². The molecular formula is C14H26N2O3. The molecule has 1 rings (SSSR count). The molecule has 1 saturated carbocycles. The van der Waals surface area contributed by atoms with E-state index in [-0.39, 0.29) is 42.7 Å². The van der Waals surface area contributed by atoms with Crippen molar-refractivity contribution >= 4 is 11.8 Å². The lowest BCUT2D eigenvalue weighted by atomic mass is 10.1. The lowest BCUT2D eigenvalue weighted by Gasteiger charge is -2.20. The highest BCUT2D eigenvalue weighted by molar-refractivity contribution is 5.80. The van der Waals surface area contributed by atoms with Gasteiger partial charge < -0.3 is 15.7 Å². The lowest BCUT2D eigenvalue weighted by molar-refractivity contribution is -0.125. The van der Waals surface area contributed by atoms with Crippen LogP contribution in [0.25, 0.3) is 0 Å². The van der Waals surface area contributed by atoms with Crippen molar-refractivity contribution in [2.75, 3.05) is 13.2 Å². The van der Waals surface area contributed by atoms with Gasteiger partial charge in [0.25, 0.3) is 0 Å². The molecule has 1 aliphatic rings. The molecule has 5 heteroatoms. The molecule has 0 unspecified atom stereocenters. The second-order valence-corrected chi connectivity index (χ2v) is 5.62. The van der Waals surface area contributed by atoms with Crippen LogP contribution in [0.1, 0.15) is 46.0 Å². The molecule has 0 aromatic rings. The van der Waals surface area contributed by atoms with Gasteiger partial charge in [-0.15, -0.1) is 0 Å². The van der Waals surface area contributed by atoms with Gasteiger partial charge in [-0.05, 0) is 18.8 Å². The van der Waals surface area contributed by atoms with E-state index in [0.717, 1.165) is 25.7 Å². The van der Waals surface area contributed by atoms with E-state index in [4.69, 9.17) is 5.11 Å². The fraction of sp³-hybridized carbons (Fsp3) is 0.857. The summed E-state index contributed by atoms with van der Waals surface area (Å²) in [5.74, 6) is 0.290. The molecule has 1 fully saturated rings. The summed E-state index contributed by atoms with van der Waals surface area (Å²) in [4.78, 5) is 23.4. The van der Waals surface area contributed by atoms with E-state index < -0.39 is 0 Å². The number of aliphatic hydroxyl groups excluding tert-OH is 1. The number of carbonyl (C=O) groups is 2.